The van der Waals surface area contributed by atoms with Crippen LogP contribution in [0, 0.1) is 0 Å². The predicted molar refractivity (Wildman–Crippen MR) is 166 cm³/mol. The van der Waals surface area contributed by atoms with Crippen LogP contribution in [0.4, 0.5) is 5.69 Å². The van der Waals surface area contributed by atoms with Crippen LogP contribution >= 0.6 is 0 Å². The Labute approximate surface area is 242 Å². The summed E-state index contributed by atoms with van der Waals surface area (Å²) in [6.45, 7) is 2.51. The second kappa shape index (κ2) is 13.1. The second-order valence-corrected chi connectivity index (χ2v) is 10.2. The number of anilines is 1. The van der Waals surface area contributed by atoms with E-state index in [1.165, 1.54) is 16.7 Å². The number of para-hydroxylation sites is 1. The second-order valence-electron chi connectivity index (χ2n) is 10.2. The van der Waals surface area contributed by atoms with Gasteiger partial charge in [0.25, 0.3) is 5.91 Å². The minimum atomic E-state index is -0.0839. The maximum atomic E-state index is 14.0. The third kappa shape index (κ3) is 6.52. The highest BCUT2D eigenvalue weighted by Crippen LogP contribution is 2.27. The highest BCUT2D eigenvalue weighted by Gasteiger charge is 2.22. The molecule has 2 aromatic carbocycles. The molecule has 0 spiro atoms. The molecule has 0 saturated heterocycles. The number of aromatic nitrogens is 2. The van der Waals surface area contributed by atoms with Gasteiger partial charge in [-0.3, -0.25) is 14.6 Å². The zero-order valence-corrected chi connectivity index (χ0v) is 23.7. The molecule has 0 N–H and O–H groups in total. The molecule has 2 heterocycles. The molecule has 0 aliphatic heterocycles. The molecule has 0 saturated carbocycles. The molecule has 5 nitrogen and oxygen atoms in total. The molecule has 1 aliphatic rings. The molecule has 206 valence electrons. The van der Waals surface area contributed by atoms with Crippen molar-refractivity contribution in [2.24, 2.45) is 7.05 Å². The maximum Gasteiger partial charge on any atom is 0.258 e. The van der Waals surface area contributed by atoms with Crippen molar-refractivity contribution in [3.8, 4) is 0 Å². The summed E-state index contributed by atoms with van der Waals surface area (Å²) in [6.07, 6.45) is 14.3. The third-order valence-electron chi connectivity index (χ3n) is 7.60. The van der Waals surface area contributed by atoms with E-state index in [0.29, 0.717) is 30.7 Å². The van der Waals surface area contributed by atoms with Gasteiger partial charge in [0.15, 0.2) is 5.78 Å². The summed E-state index contributed by atoms with van der Waals surface area (Å²) in [6, 6.07) is 25.8. The van der Waals surface area contributed by atoms with Gasteiger partial charge in [0.2, 0.25) is 0 Å². The van der Waals surface area contributed by atoms with Gasteiger partial charge in [0.05, 0.1) is 12.2 Å². The van der Waals surface area contributed by atoms with Crippen molar-refractivity contribution in [3.05, 3.63) is 149 Å². The monoisotopic (exact) mass is 541 g/mol. The number of nitrogens with zero attached hydrogens (tertiary/aromatic N) is 3. The minimum absolute atomic E-state index is 0.0691. The van der Waals surface area contributed by atoms with E-state index in [1.54, 1.807) is 17.3 Å². The van der Waals surface area contributed by atoms with Crippen LogP contribution in [-0.4, -0.2) is 21.2 Å². The van der Waals surface area contributed by atoms with Gasteiger partial charge in [0, 0.05) is 42.8 Å². The van der Waals surface area contributed by atoms with Gasteiger partial charge in [-0.05, 0) is 77.9 Å². The number of benzene rings is 2. The van der Waals surface area contributed by atoms with Gasteiger partial charge in [-0.2, -0.15) is 0 Å². The number of amides is 1. The van der Waals surface area contributed by atoms with Crippen LogP contribution in [0.25, 0.3) is 5.57 Å². The Balaban J connectivity index is 1.39. The topological polar surface area (TPSA) is 55.2 Å². The van der Waals surface area contributed by atoms with Gasteiger partial charge in [-0.15, -0.1) is 0 Å². The van der Waals surface area contributed by atoms with Crippen molar-refractivity contribution in [3.63, 3.8) is 0 Å². The van der Waals surface area contributed by atoms with E-state index in [2.05, 4.69) is 48.3 Å². The average Bonchev–Trinajstić information content (AvgIpc) is 3.21. The highest BCUT2D eigenvalue weighted by atomic mass is 16.2. The van der Waals surface area contributed by atoms with Crippen molar-refractivity contribution in [2.45, 2.75) is 39.2 Å². The number of hydrogen-bond donors (Lipinski definition) is 0. The van der Waals surface area contributed by atoms with E-state index in [-0.39, 0.29) is 11.7 Å². The van der Waals surface area contributed by atoms with Crippen molar-refractivity contribution < 1.29 is 9.59 Å². The lowest BCUT2D eigenvalue weighted by Gasteiger charge is -2.24. The smallest absolute Gasteiger partial charge is 0.258 e. The van der Waals surface area contributed by atoms with E-state index in [4.69, 9.17) is 0 Å². The van der Waals surface area contributed by atoms with E-state index in [1.807, 2.05) is 78.4 Å². The van der Waals surface area contributed by atoms with Crippen molar-refractivity contribution in [2.75, 3.05) is 4.90 Å². The van der Waals surface area contributed by atoms with Crippen molar-refractivity contribution >= 4 is 23.0 Å². The summed E-state index contributed by atoms with van der Waals surface area (Å²) in [7, 11) is 1.89. The van der Waals surface area contributed by atoms with Crippen LogP contribution in [0.15, 0.2) is 121 Å². The van der Waals surface area contributed by atoms with Crippen LogP contribution in [0.5, 0.6) is 0 Å². The number of carbonyl (C=O) groups is 2. The molecule has 1 aliphatic carbocycles. The summed E-state index contributed by atoms with van der Waals surface area (Å²) >= 11 is 0. The van der Waals surface area contributed by atoms with E-state index >= 15 is 0 Å². The summed E-state index contributed by atoms with van der Waals surface area (Å²) in [5.74, 6) is -0.0148. The molecule has 0 radical (unpaired) electrons. The van der Waals surface area contributed by atoms with Gasteiger partial charge in [-0.1, -0.05) is 73.7 Å². The van der Waals surface area contributed by atoms with E-state index in [9.17, 15) is 9.59 Å². The molecule has 41 heavy (non-hydrogen) atoms. The van der Waals surface area contributed by atoms with Gasteiger partial charge >= 0.3 is 0 Å². The Morgan fingerprint density at radius 1 is 0.927 bits per heavy atom. The number of carbonyl (C=O) groups excluding carboxylic acids is 2. The van der Waals surface area contributed by atoms with Crippen LogP contribution in [0.1, 0.15) is 52.6 Å². The Bertz CT molecular complexity index is 1610. The minimum Gasteiger partial charge on any atom is -0.344 e. The number of allylic oxidation sites excluding steroid dienone is 4. The van der Waals surface area contributed by atoms with Crippen LogP contribution < -0.4 is 4.90 Å². The summed E-state index contributed by atoms with van der Waals surface area (Å²) in [5, 5.41) is 0. The zero-order valence-electron chi connectivity index (χ0n) is 23.7. The van der Waals surface area contributed by atoms with Crippen LogP contribution in [0.3, 0.4) is 0 Å². The standard InChI is InChI=1S/C36H35N3O2/c1-3-28-12-7-8-17-33(28)29-13-9-14-30(20-19-29)36(41)39(31-15-5-4-6-16-31)26-32-21-22-34(38(32)2)35(40)23-18-27-11-10-24-37-25-27/h4-12,14-17,19-22,24-25H,3,13,18,23,26H2,1-2H3. The Morgan fingerprint density at radius 2 is 1.73 bits per heavy atom. The van der Waals surface area contributed by atoms with Crippen LogP contribution in [-0.2, 0) is 31.2 Å². The van der Waals surface area contributed by atoms with Crippen LogP contribution in [0.2, 0.25) is 0 Å². The lowest BCUT2D eigenvalue weighted by Crippen LogP contribution is -2.32. The van der Waals surface area contributed by atoms with Gasteiger partial charge < -0.3 is 9.47 Å². The average molecular weight is 542 g/mol. The lowest BCUT2D eigenvalue weighted by atomic mass is 9.96. The molecule has 0 unspecified atom stereocenters. The quantitative estimate of drug-likeness (QED) is 0.198. The Morgan fingerprint density at radius 3 is 2.51 bits per heavy atom. The fraction of sp³-hybridized carbons (Fsp3) is 0.194. The molecule has 4 aromatic rings. The number of pyridine rings is 1. The summed E-state index contributed by atoms with van der Waals surface area (Å²) < 4.78 is 1.91. The number of rotatable bonds is 10. The SMILES string of the molecule is CCc1ccccc1C1=CC=C(C(=O)N(Cc2ccc(C(=O)CCc3cccnc3)n2C)c2ccccc2)C=CC1. The number of Topliss-reactive ketones (excluding diaryl/α,β-unsaturated/α-hetero) is 1. The molecule has 0 fully saturated rings. The molecular formula is C36H35N3O2. The summed E-state index contributed by atoms with van der Waals surface area (Å²) in [4.78, 5) is 33.0. The first-order valence-electron chi connectivity index (χ1n) is 14.1. The van der Waals surface area contributed by atoms with Gasteiger partial charge in [0.1, 0.15) is 0 Å². The van der Waals surface area contributed by atoms with Gasteiger partial charge in [-0.25, -0.2) is 0 Å². The van der Waals surface area contributed by atoms with Crippen molar-refractivity contribution in [1.29, 1.82) is 0 Å². The molecule has 5 heteroatoms. The zero-order chi connectivity index (χ0) is 28.6. The fourth-order valence-electron chi connectivity index (χ4n) is 5.24. The first kappa shape index (κ1) is 27.8. The third-order valence-corrected chi connectivity index (χ3v) is 7.60. The molecule has 5 rings (SSSR count). The lowest BCUT2D eigenvalue weighted by molar-refractivity contribution is -0.115. The molecular weight excluding hydrogens is 506 g/mol. The first-order chi connectivity index (χ1) is 20.0. The Hall–Kier alpha value is -4.77. The molecule has 1 amide bonds. The Kier molecular flexibility index (Phi) is 8.85. The normalized spacial score (nSPS) is 12.8. The number of ketones is 1. The molecule has 2 aromatic heterocycles. The van der Waals surface area contributed by atoms with E-state index < -0.39 is 0 Å². The molecule has 0 atom stereocenters. The maximum absolute atomic E-state index is 14.0. The molecule has 0 bridgehead atoms. The fourth-order valence-corrected chi connectivity index (χ4v) is 5.24. The highest BCUT2D eigenvalue weighted by molar-refractivity contribution is 6.08. The summed E-state index contributed by atoms with van der Waals surface area (Å²) in [5.41, 5.74) is 7.73. The largest absolute Gasteiger partial charge is 0.344 e. The number of aryl methyl sites for hydroxylation is 2. The first-order valence-corrected chi connectivity index (χ1v) is 14.1. The van der Waals surface area contributed by atoms with Crippen molar-refractivity contribution in [1.82, 2.24) is 9.55 Å². The predicted octanol–water partition coefficient (Wildman–Crippen LogP) is 7.30. The van der Waals surface area contributed by atoms with E-state index in [0.717, 1.165) is 29.8 Å². The number of hydrogen-bond acceptors (Lipinski definition) is 3.